The second-order valence-electron chi connectivity index (χ2n) is 5.41. The molecule has 0 bridgehead atoms. The Labute approximate surface area is 115 Å². The van der Waals surface area contributed by atoms with Crippen molar-refractivity contribution in [2.24, 2.45) is 0 Å². The summed E-state index contributed by atoms with van der Waals surface area (Å²) in [4.78, 5) is 0.448. The van der Waals surface area contributed by atoms with Crippen molar-refractivity contribution >= 4 is 9.84 Å². The maximum absolute atomic E-state index is 12.1. The molecule has 0 N–H and O–H groups in total. The second-order valence-corrected chi connectivity index (χ2v) is 7.52. The number of hydrogen-bond acceptors (Lipinski definition) is 3. The van der Waals surface area contributed by atoms with Gasteiger partial charge in [-0.05, 0) is 43.4 Å². The van der Waals surface area contributed by atoms with Crippen molar-refractivity contribution in [3.8, 4) is 0 Å². The highest BCUT2D eigenvalue weighted by Gasteiger charge is 2.35. The summed E-state index contributed by atoms with van der Waals surface area (Å²) in [5.74, 6) is 0.542. The predicted octanol–water partition coefficient (Wildman–Crippen LogP) is 3.15. The predicted molar refractivity (Wildman–Crippen MR) is 76.2 cm³/mol. The molecule has 19 heavy (non-hydrogen) atoms. The fourth-order valence-corrected chi connectivity index (χ4v) is 3.74. The SMILES string of the molecule is CCCS(=O)(=O)c1cccc(C(C)CC2OC2C)c1. The summed E-state index contributed by atoms with van der Waals surface area (Å²) in [5, 5.41) is 0. The van der Waals surface area contributed by atoms with Crippen LogP contribution in [0.5, 0.6) is 0 Å². The van der Waals surface area contributed by atoms with E-state index in [1.807, 2.05) is 25.1 Å². The first-order valence-corrected chi connectivity index (χ1v) is 8.57. The van der Waals surface area contributed by atoms with E-state index in [0.29, 0.717) is 29.4 Å². The minimum Gasteiger partial charge on any atom is -0.370 e. The lowest BCUT2D eigenvalue weighted by atomic mass is 9.95. The second kappa shape index (κ2) is 5.63. The Bertz CT molecular complexity index is 536. The highest BCUT2D eigenvalue weighted by molar-refractivity contribution is 7.91. The van der Waals surface area contributed by atoms with Crippen LogP contribution in [-0.2, 0) is 14.6 Å². The fourth-order valence-electron chi connectivity index (χ4n) is 2.36. The van der Waals surface area contributed by atoms with Crippen LogP contribution < -0.4 is 0 Å². The van der Waals surface area contributed by atoms with E-state index in [1.54, 1.807) is 6.07 Å². The molecular weight excluding hydrogens is 260 g/mol. The summed E-state index contributed by atoms with van der Waals surface area (Å²) in [6.07, 6.45) is 2.30. The van der Waals surface area contributed by atoms with Gasteiger partial charge >= 0.3 is 0 Å². The molecule has 3 atom stereocenters. The molecular formula is C15H22O3S. The molecule has 1 aromatic carbocycles. The minimum absolute atomic E-state index is 0.216. The number of ether oxygens (including phenoxy) is 1. The van der Waals surface area contributed by atoms with Crippen molar-refractivity contribution in [3.05, 3.63) is 29.8 Å². The average Bonchev–Trinajstić information content (AvgIpc) is 3.05. The Morgan fingerprint density at radius 2 is 2.05 bits per heavy atom. The van der Waals surface area contributed by atoms with Crippen molar-refractivity contribution in [3.63, 3.8) is 0 Å². The standard InChI is InChI=1S/C15H22O3S/c1-4-8-19(16,17)14-7-5-6-13(10-14)11(2)9-15-12(3)18-15/h5-7,10-12,15H,4,8-9H2,1-3H3. The molecule has 106 valence electrons. The van der Waals surface area contributed by atoms with Crippen LogP contribution >= 0.6 is 0 Å². The van der Waals surface area contributed by atoms with Gasteiger partial charge in [0.25, 0.3) is 0 Å². The zero-order valence-electron chi connectivity index (χ0n) is 11.8. The van der Waals surface area contributed by atoms with Gasteiger partial charge in [-0.1, -0.05) is 26.0 Å². The van der Waals surface area contributed by atoms with E-state index in [4.69, 9.17) is 4.74 Å². The Hall–Kier alpha value is -0.870. The third-order valence-electron chi connectivity index (χ3n) is 3.68. The molecule has 1 aliphatic rings. The summed E-state index contributed by atoms with van der Waals surface area (Å²) < 4.78 is 29.6. The van der Waals surface area contributed by atoms with Gasteiger partial charge < -0.3 is 4.74 Å². The normalized spacial score (nSPS) is 24.2. The first kappa shape index (κ1) is 14.5. The van der Waals surface area contributed by atoms with Crippen LogP contribution in [0.4, 0.5) is 0 Å². The molecule has 0 aliphatic carbocycles. The molecule has 3 unspecified atom stereocenters. The zero-order valence-corrected chi connectivity index (χ0v) is 12.6. The van der Waals surface area contributed by atoms with Gasteiger partial charge in [-0.25, -0.2) is 8.42 Å². The van der Waals surface area contributed by atoms with E-state index in [2.05, 4.69) is 13.8 Å². The number of benzene rings is 1. The minimum atomic E-state index is -3.12. The molecule has 0 radical (unpaired) electrons. The van der Waals surface area contributed by atoms with E-state index < -0.39 is 9.84 Å². The molecule has 1 saturated heterocycles. The van der Waals surface area contributed by atoms with Crippen molar-refractivity contribution in [1.82, 2.24) is 0 Å². The maximum atomic E-state index is 12.1. The van der Waals surface area contributed by atoms with E-state index >= 15 is 0 Å². The van der Waals surface area contributed by atoms with Gasteiger partial charge in [0.1, 0.15) is 0 Å². The third kappa shape index (κ3) is 3.57. The smallest absolute Gasteiger partial charge is 0.178 e. The van der Waals surface area contributed by atoms with E-state index in [9.17, 15) is 8.42 Å². The van der Waals surface area contributed by atoms with Gasteiger partial charge in [0.15, 0.2) is 9.84 Å². The van der Waals surface area contributed by atoms with Gasteiger partial charge in [-0.3, -0.25) is 0 Å². The van der Waals surface area contributed by atoms with Crippen molar-refractivity contribution in [2.45, 2.75) is 56.6 Å². The van der Waals surface area contributed by atoms with Crippen LogP contribution in [0.25, 0.3) is 0 Å². The summed E-state index contributed by atoms with van der Waals surface area (Å²) in [6, 6.07) is 7.36. The molecule has 2 rings (SSSR count). The van der Waals surface area contributed by atoms with Crippen LogP contribution in [0.15, 0.2) is 29.2 Å². The lowest BCUT2D eigenvalue weighted by molar-refractivity contribution is 0.362. The molecule has 1 fully saturated rings. The first-order chi connectivity index (χ1) is 8.94. The van der Waals surface area contributed by atoms with Gasteiger partial charge in [-0.2, -0.15) is 0 Å². The van der Waals surface area contributed by atoms with Crippen LogP contribution in [0, 0.1) is 0 Å². The molecule has 1 heterocycles. The van der Waals surface area contributed by atoms with Crippen LogP contribution in [0.3, 0.4) is 0 Å². The third-order valence-corrected chi connectivity index (χ3v) is 5.60. The van der Waals surface area contributed by atoms with E-state index in [1.165, 1.54) is 0 Å². The zero-order chi connectivity index (χ0) is 14.0. The Morgan fingerprint density at radius 3 is 2.63 bits per heavy atom. The molecule has 4 heteroatoms. The monoisotopic (exact) mass is 282 g/mol. The molecule has 1 aliphatic heterocycles. The maximum Gasteiger partial charge on any atom is 0.178 e. The molecule has 1 aromatic rings. The van der Waals surface area contributed by atoms with Crippen LogP contribution in [0.1, 0.15) is 45.1 Å². The molecule has 0 saturated carbocycles. The lowest BCUT2D eigenvalue weighted by Crippen LogP contribution is -2.07. The van der Waals surface area contributed by atoms with E-state index in [-0.39, 0.29) is 5.75 Å². The number of epoxide rings is 1. The number of rotatable bonds is 6. The van der Waals surface area contributed by atoms with Crippen LogP contribution in [-0.4, -0.2) is 26.4 Å². The lowest BCUT2D eigenvalue weighted by Gasteiger charge is -2.12. The number of sulfone groups is 1. The molecule has 0 spiro atoms. The largest absolute Gasteiger partial charge is 0.370 e. The number of hydrogen-bond donors (Lipinski definition) is 0. The summed E-state index contributed by atoms with van der Waals surface area (Å²) in [6.45, 7) is 6.08. The topological polar surface area (TPSA) is 46.7 Å². The molecule has 3 nitrogen and oxygen atoms in total. The van der Waals surface area contributed by atoms with Crippen molar-refractivity contribution in [2.75, 3.05) is 5.75 Å². The van der Waals surface area contributed by atoms with Gasteiger partial charge in [0, 0.05) is 0 Å². The first-order valence-electron chi connectivity index (χ1n) is 6.92. The van der Waals surface area contributed by atoms with E-state index in [0.717, 1.165) is 12.0 Å². The van der Waals surface area contributed by atoms with Gasteiger partial charge in [0.2, 0.25) is 0 Å². The summed E-state index contributed by atoms with van der Waals surface area (Å²) in [7, 11) is -3.12. The quantitative estimate of drug-likeness (QED) is 0.753. The summed E-state index contributed by atoms with van der Waals surface area (Å²) >= 11 is 0. The molecule has 0 amide bonds. The van der Waals surface area contributed by atoms with Crippen molar-refractivity contribution < 1.29 is 13.2 Å². The van der Waals surface area contributed by atoms with Gasteiger partial charge in [-0.15, -0.1) is 0 Å². The highest BCUT2D eigenvalue weighted by Crippen LogP contribution is 2.32. The highest BCUT2D eigenvalue weighted by atomic mass is 32.2. The fraction of sp³-hybridized carbons (Fsp3) is 0.600. The van der Waals surface area contributed by atoms with Gasteiger partial charge in [0.05, 0.1) is 22.9 Å². The summed E-state index contributed by atoms with van der Waals surface area (Å²) in [5.41, 5.74) is 1.08. The van der Waals surface area contributed by atoms with Crippen LogP contribution in [0.2, 0.25) is 0 Å². The molecule has 0 aromatic heterocycles. The Kier molecular flexibility index (Phi) is 4.31. The Morgan fingerprint density at radius 1 is 1.37 bits per heavy atom. The van der Waals surface area contributed by atoms with Crippen molar-refractivity contribution in [1.29, 1.82) is 0 Å². The average molecular weight is 282 g/mol. The Balaban J connectivity index is 2.14.